The molecule has 2 aromatic rings. The smallest absolute Gasteiger partial charge is 0.244 e. The maximum Gasteiger partial charge on any atom is 0.244 e. The van der Waals surface area contributed by atoms with E-state index in [0.29, 0.717) is 38.5 Å². The number of hydrogen-bond acceptors (Lipinski definition) is 4. The average Bonchev–Trinajstić information content (AvgIpc) is 3.12. The predicted octanol–water partition coefficient (Wildman–Crippen LogP) is 4.34. The van der Waals surface area contributed by atoms with Crippen molar-refractivity contribution in [3.8, 4) is 0 Å². The van der Waals surface area contributed by atoms with Gasteiger partial charge in [0.25, 0.3) is 0 Å². The fourth-order valence-electron chi connectivity index (χ4n) is 5.41. The van der Waals surface area contributed by atoms with Gasteiger partial charge in [0.05, 0.1) is 6.04 Å². The summed E-state index contributed by atoms with van der Waals surface area (Å²) in [5.41, 5.74) is 9.24. The van der Waals surface area contributed by atoms with E-state index >= 15 is 0 Å². The number of benzene rings is 2. The van der Waals surface area contributed by atoms with Crippen molar-refractivity contribution in [2.75, 3.05) is 26.2 Å². The molecule has 2 aliphatic rings. The number of nitrogens with two attached hydrogens (primary N) is 1. The second kappa shape index (κ2) is 14.6. The van der Waals surface area contributed by atoms with Crippen molar-refractivity contribution in [1.82, 2.24) is 15.5 Å². The summed E-state index contributed by atoms with van der Waals surface area (Å²) in [5.74, 6) is 0.561. The Morgan fingerprint density at radius 1 is 1.15 bits per heavy atom. The molecule has 1 saturated heterocycles. The molecule has 39 heavy (non-hydrogen) atoms. The average molecular weight is 527 g/mol. The van der Waals surface area contributed by atoms with Crippen LogP contribution in [0.15, 0.2) is 85.0 Å². The summed E-state index contributed by atoms with van der Waals surface area (Å²) in [6, 6.07) is 18.3. The highest BCUT2D eigenvalue weighted by Crippen LogP contribution is 2.32. The molecule has 0 spiro atoms. The van der Waals surface area contributed by atoms with Gasteiger partial charge in [-0.2, -0.15) is 0 Å². The topological polar surface area (TPSA) is 87.5 Å². The van der Waals surface area contributed by atoms with E-state index in [1.54, 1.807) is 6.08 Å². The highest BCUT2D eigenvalue weighted by molar-refractivity contribution is 5.91. The minimum absolute atomic E-state index is 0.00568. The minimum atomic E-state index is -0.306. The zero-order valence-corrected chi connectivity index (χ0v) is 23.0. The lowest BCUT2D eigenvalue weighted by Crippen LogP contribution is -2.49. The highest BCUT2D eigenvalue weighted by atomic mass is 16.2. The molecule has 1 fully saturated rings. The molecule has 2 unspecified atom stereocenters. The van der Waals surface area contributed by atoms with Gasteiger partial charge in [0.2, 0.25) is 11.8 Å². The van der Waals surface area contributed by atoms with E-state index in [1.165, 1.54) is 11.1 Å². The number of rotatable bonds is 11. The van der Waals surface area contributed by atoms with Crippen LogP contribution in [-0.4, -0.2) is 55.0 Å². The van der Waals surface area contributed by atoms with Crippen molar-refractivity contribution in [2.45, 2.75) is 50.6 Å². The van der Waals surface area contributed by atoms with Crippen molar-refractivity contribution in [3.05, 3.63) is 102 Å². The molecule has 0 saturated carbocycles. The first kappa shape index (κ1) is 28.5. The zero-order chi connectivity index (χ0) is 27.5. The van der Waals surface area contributed by atoms with Crippen molar-refractivity contribution >= 4 is 17.9 Å². The first-order valence-corrected chi connectivity index (χ1v) is 14.2. The Kier molecular flexibility index (Phi) is 10.7. The standard InChI is InChI=1S/C33H42N4O2/c1-25-14-16-26(17-15-25)18-19-32(38)35-23-29-20-22-37(33(39)31(36-29)13-8-21-34)24-30(27-9-4-2-5-10-27)28-11-6-3-7-12-28/h2-7,9-11,14-19,28-31,36H,8,12-13,20-24,34H2,1H3,(H,35,38)/b19-18+/t28?,29-,30?,31-/m0/s1. The van der Waals surface area contributed by atoms with Gasteiger partial charge < -0.3 is 21.3 Å². The highest BCUT2D eigenvalue weighted by Gasteiger charge is 2.33. The molecule has 1 aliphatic heterocycles. The molecule has 6 heteroatoms. The Hall–Kier alpha value is -3.48. The third-order valence-corrected chi connectivity index (χ3v) is 7.69. The van der Waals surface area contributed by atoms with Crippen LogP contribution in [0.25, 0.3) is 6.08 Å². The van der Waals surface area contributed by atoms with Gasteiger partial charge in [0.15, 0.2) is 0 Å². The van der Waals surface area contributed by atoms with Crippen LogP contribution in [0.5, 0.6) is 0 Å². The van der Waals surface area contributed by atoms with Gasteiger partial charge >= 0.3 is 0 Å². The molecule has 1 heterocycles. The summed E-state index contributed by atoms with van der Waals surface area (Å²) in [6.45, 7) is 4.38. The van der Waals surface area contributed by atoms with E-state index in [4.69, 9.17) is 5.73 Å². The molecule has 1 aliphatic carbocycles. The normalized spacial score (nSPS) is 22.2. The van der Waals surface area contributed by atoms with Crippen LogP contribution in [0.2, 0.25) is 0 Å². The number of carbonyl (C=O) groups is 2. The van der Waals surface area contributed by atoms with E-state index in [9.17, 15) is 9.59 Å². The van der Waals surface area contributed by atoms with E-state index < -0.39 is 0 Å². The molecule has 206 valence electrons. The van der Waals surface area contributed by atoms with Gasteiger partial charge in [0, 0.05) is 37.7 Å². The molecule has 0 bridgehead atoms. The Morgan fingerprint density at radius 2 is 1.95 bits per heavy atom. The quantitative estimate of drug-likeness (QED) is 0.380. The number of carbonyl (C=O) groups excluding carboxylic acids is 2. The first-order valence-electron chi connectivity index (χ1n) is 14.2. The van der Waals surface area contributed by atoms with Crippen LogP contribution < -0.4 is 16.4 Å². The van der Waals surface area contributed by atoms with Gasteiger partial charge in [-0.25, -0.2) is 0 Å². The summed E-state index contributed by atoms with van der Waals surface area (Å²) in [4.78, 5) is 28.3. The third kappa shape index (κ3) is 8.50. The summed E-state index contributed by atoms with van der Waals surface area (Å²) in [6.07, 6.45) is 15.3. The minimum Gasteiger partial charge on any atom is -0.351 e. The largest absolute Gasteiger partial charge is 0.351 e. The number of aryl methyl sites for hydroxylation is 1. The summed E-state index contributed by atoms with van der Waals surface area (Å²) in [5, 5.41) is 6.57. The maximum atomic E-state index is 13.8. The Bertz CT molecular complexity index is 1160. The summed E-state index contributed by atoms with van der Waals surface area (Å²) >= 11 is 0. The molecule has 4 N–H and O–H groups in total. The molecular formula is C33H42N4O2. The summed E-state index contributed by atoms with van der Waals surface area (Å²) in [7, 11) is 0. The zero-order valence-electron chi connectivity index (χ0n) is 23.0. The Balaban J connectivity index is 1.42. The number of nitrogens with zero attached hydrogens (tertiary/aromatic N) is 1. The molecule has 4 atom stereocenters. The fourth-order valence-corrected chi connectivity index (χ4v) is 5.41. The number of allylic oxidation sites excluding steroid dienone is 4. The van der Waals surface area contributed by atoms with Crippen LogP contribution in [-0.2, 0) is 9.59 Å². The molecular weight excluding hydrogens is 484 g/mol. The number of amides is 2. The van der Waals surface area contributed by atoms with Crippen molar-refractivity contribution in [2.24, 2.45) is 11.7 Å². The Morgan fingerprint density at radius 3 is 2.67 bits per heavy atom. The maximum absolute atomic E-state index is 13.8. The van der Waals surface area contributed by atoms with E-state index in [2.05, 4.69) is 59.2 Å². The molecule has 4 rings (SSSR count). The van der Waals surface area contributed by atoms with E-state index in [1.807, 2.05) is 48.2 Å². The van der Waals surface area contributed by atoms with Gasteiger partial charge in [0.1, 0.15) is 0 Å². The van der Waals surface area contributed by atoms with Gasteiger partial charge in [-0.15, -0.1) is 0 Å². The number of hydrogen-bond donors (Lipinski definition) is 3. The molecule has 2 amide bonds. The lowest BCUT2D eigenvalue weighted by molar-refractivity contribution is -0.133. The lowest BCUT2D eigenvalue weighted by Gasteiger charge is -2.32. The van der Waals surface area contributed by atoms with Crippen LogP contribution in [0, 0.1) is 12.8 Å². The van der Waals surface area contributed by atoms with Crippen molar-refractivity contribution in [3.63, 3.8) is 0 Å². The second-order valence-electron chi connectivity index (χ2n) is 10.6. The fraction of sp³-hybridized carbons (Fsp3) is 0.394. The number of nitrogens with one attached hydrogen (secondary N) is 2. The van der Waals surface area contributed by atoms with Gasteiger partial charge in [-0.3, -0.25) is 9.59 Å². The van der Waals surface area contributed by atoms with Crippen molar-refractivity contribution in [1.29, 1.82) is 0 Å². The van der Waals surface area contributed by atoms with E-state index in [-0.39, 0.29) is 29.8 Å². The molecule has 0 radical (unpaired) electrons. The third-order valence-electron chi connectivity index (χ3n) is 7.69. The lowest BCUT2D eigenvalue weighted by atomic mass is 9.81. The van der Waals surface area contributed by atoms with Crippen LogP contribution in [0.1, 0.15) is 48.3 Å². The molecule has 6 nitrogen and oxygen atoms in total. The summed E-state index contributed by atoms with van der Waals surface area (Å²) < 4.78 is 0. The molecule has 0 aromatic heterocycles. The van der Waals surface area contributed by atoms with Crippen LogP contribution >= 0.6 is 0 Å². The van der Waals surface area contributed by atoms with Crippen LogP contribution in [0.4, 0.5) is 0 Å². The molecule has 2 aromatic carbocycles. The first-order chi connectivity index (χ1) is 19.0. The van der Waals surface area contributed by atoms with Crippen molar-refractivity contribution < 1.29 is 9.59 Å². The van der Waals surface area contributed by atoms with E-state index in [0.717, 1.165) is 24.8 Å². The predicted molar refractivity (Wildman–Crippen MR) is 159 cm³/mol. The van der Waals surface area contributed by atoms with Gasteiger partial charge in [-0.05, 0) is 62.3 Å². The van der Waals surface area contributed by atoms with Gasteiger partial charge in [-0.1, -0.05) is 84.5 Å². The van der Waals surface area contributed by atoms with Crippen LogP contribution in [0.3, 0.4) is 0 Å². The Labute approximate surface area is 233 Å². The SMILES string of the molecule is Cc1ccc(/C=C/C(=O)NC[C@@H]2CCN(CC(c3ccccc3)C3C=CC=CC3)C(=O)[C@H](CCCN)N2)cc1. The second-order valence-corrected chi connectivity index (χ2v) is 10.6. The monoisotopic (exact) mass is 526 g/mol.